The number of carbonyl (C=O) groups excluding carboxylic acids is 1. The molecule has 0 spiro atoms. The summed E-state index contributed by atoms with van der Waals surface area (Å²) < 4.78 is 24.7. The number of nitrogens with zero attached hydrogens (tertiary/aromatic N) is 2. The van der Waals surface area contributed by atoms with Crippen LogP contribution in [0.4, 0.5) is 5.69 Å². The summed E-state index contributed by atoms with van der Waals surface area (Å²) in [6, 6.07) is 16.2. The van der Waals surface area contributed by atoms with Gasteiger partial charge in [-0.3, -0.25) is 9.69 Å². The van der Waals surface area contributed by atoms with Crippen molar-refractivity contribution in [3.63, 3.8) is 0 Å². The van der Waals surface area contributed by atoms with Gasteiger partial charge in [-0.05, 0) is 29.8 Å². The van der Waals surface area contributed by atoms with E-state index in [2.05, 4.69) is 0 Å². The van der Waals surface area contributed by atoms with E-state index in [1.54, 1.807) is 29.2 Å². The predicted molar refractivity (Wildman–Crippen MR) is 102 cm³/mol. The molecule has 2 aliphatic rings. The average Bonchev–Trinajstić information content (AvgIpc) is 2.92. The van der Waals surface area contributed by atoms with Gasteiger partial charge in [0.25, 0.3) is 0 Å². The number of sulfone groups is 1. The second-order valence-corrected chi connectivity index (χ2v) is 9.43. The molecule has 0 aromatic heterocycles. The molecule has 2 heterocycles. The van der Waals surface area contributed by atoms with Gasteiger partial charge in [-0.2, -0.15) is 0 Å². The molecule has 4 rings (SSSR count). The maximum atomic E-state index is 12.9. The zero-order valence-corrected chi connectivity index (χ0v) is 15.7. The van der Waals surface area contributed by atoms with E-state index in [1.165, 1.54) is 0 Å². The fraction of sp³-hybridized carbons (Fsp3) is 0.316. The van der Waals surface area contributed by atoms with Gasteiger partial charge in [-0.25, -0.2) is 8.42 Å². The van der Waals surface area contributed by atoms with Crippen molar-refractivity contribution in [1.29, 1.82) is 0 Å². The lowest BCUT2D eigenvalue weighted by molar-refractivity contribution is -0.123. The molecule has 2 saturated heterocycles. The Morgan fingerprint density at radius 1 is 0.962 bits per heavy atom. The van der Waals surface area contributed by atoms with Crippen LogP contribution in [0, 0.1) is 0 Å². The highest BCUT2D eigenvalue weighted by atomic mass is 35.5. The number of halogens is 1. The molecule has 0 bridgehead atoms. The molecule has 5 nitrogen and oxygen atoms in total. The maximum absolute atomic E-state index is 12.9. The minimum Gasteiger partial charge on any atom is -0.306 e. The number of anilines is 1. The van der Waals surface area contributed by atoms with Crippen molar-refractivity contribution < 1.29 is 13.2 Å². The van der Waals surface area contributed by atoms with Gasteiger partial charge in [0.15, 0.2) is 9.84 Å². The van der Waals surface area contributed by atoms with Gasteiger partial charge in [-0.1, -0.05) is 41.9 Å². The molecule has 136 valence electrons. The van der Waals surface area contributed by atoms with E-state index in [4.69, 9.17) is 11.6 Å². The second kappa shape index (κ2) is 6.68. The van der Waals surface area contributed by atoms with Crippen LogP contribution in [0.2, 0.25) is 5.02 Å². The normalized spacial score (nSPS) is 25.3. The van der Waals surface area contributed by atoms with E-state index in [-0.39, 0.29) is 36.0 Å². The van der Waals surface area contributed by atoms with E-state index >= 15 is 0 Å². The Morgan fingerprint density at radius 3 is 2.31 bits per heavy atom. The first-order valence-corrected chi connectivity index (χ1v) is 10.7. The number of amides is 1. The Bertz CT molecular complexity index is 916. The van der Waals surface area contributed by atoms with Gasteiger partial charge in [0, 0.05) is 23.3 Å². The number of piperazine rings is 1. The summed E-state index contributed by atoms with van der Waals surface area (Å²) in [4.78, 5) is 16.5. The Kier molecular flexibility index (Phi) is 4.50. The largest absolute Gasteiger partial charge is 0.306 e. The summed E-state index contributed by atoms with van der Waals surface area (Å²) in [6.45, 7) is 0.770. The number of carbonyl (C=O) groups is 1. The van der Waals surface area contributed by atoms with Gasteiger partial charge < -0.3 is 4.90 Å². The fourth-order valence-corrected chi connectivity index (χ4v) is 5.99. The molecule has 0 aliphatic carbocycles. The first-order valence-electron chi connectivity index (χ1n) is 8.49. The number of hydrogen-bond acceptors (Lipinski definition) is 4. The number of benzene rings is 2. The predicted octanol–water partition coefficient (Wildman–Crippen LogP) is 2.35. The summed E-state index contributed by atoms with van der Waals surface area (Å²) >= 11 is 5.95. The van der Waals surface area contributed by atoms with E-state index in [0.717, 1.165) is 5.56 Å². The summed E-state index contributed by atoms with van der Waals surface area (Å²) in [5.74, 6) is 0.000684. The van der Waals surface area contributed by atoms with Crippen LogP contribution in [0.15, 0.2) is 54.6 Å². The Hall–Kier alpha value is -1.89. The third-order valence-corrected chi connectivity index (χ3v) is 6.99. The van der Waals surface area contributed by atoms with Crippen molar-refractivity contribution in [2.45, 2.75) is 18.6 Å². The molecule has 2 aromatic carbocycles. The molecule has 2 aromatic rings. The molecule has 7 heteroatoms. The Balaban J connectivity index is 1.67. The molecule has 0 unspecified atom stereocenters. The van der Waals surface area contributed by atoms with Crippen LogP contribution in [0.3, 0.4) is 0 Å². The third-order valence-electron chi connectivity index (χ3n) is 5.03. The smallest absolute Gasteiger partial charge is 0.241 e. The zero-order chi connectivity index (χ0) is 18.3. The summed E-state index contributed by atoms with van der Waals surface area (Å²) in [6.07, 6.45) is 0. The van der Waals surface area contributed by atoms with Crippen molar-refractivity contribution in [3.8, 4) is 0 Å². The minimum absolute atomic E-state index is 0.00266. The lowest BCUT2D eigenvalue weighted by Crippen LogP contribution is -2.61. The fourth-order valence-electron chi connectivity index (χ4n) is 3.89. The number of fused-ring (bicyclic) bond motifs is 1. The van der Waals surface area contributed by atoms with Crippen molar-refractivity contribution in [1.82, 2.24) is 4.90 Å². The van der Waals surface area contributed by atoms with Crippen LogP contribution in [0.1, 0.15) is 5.56 Å². The first kappa shape index (κ1) is 17.5. The topological polar surface area (TPSA) is 57.7 Å². The highest BCUT2D eigenvalue weighted by molar-refractivity contribution is 7.91. The molecule has 0 N–H and O–H groups in total. The molecule has 2 atom stereocenters. The molecule has 2 aliphatic heterocycles. The van der Waals surface area contributed by atoms with Crippen LogP contribution in [-0.2, 0) is 21.2 Å². The standard InChI is InChI=1S/C19H19ClN2O3S/c20-15-6-8-16(9-7-15)22-18-13-26(24,25)12-17(18)21(11-19(22)23)10-14-4-2-1-3-5-14/h1-9,17-18H,10-13H2/t17-,18+/m0/s1. The summed E-state index contributed by atoms with van der Waals surface area (Å²) in [5, 5.41) is 0.583. The lowest BCUT2D eigenvalue weighted by Gasteiger charge is -2.43. The number of rotatable bonds is 3. The quantitative estimate of drug-likeness (QED) is 0.807. The van der Waals surface area contributed by atoms with Crippen molar-refractivity contribution in [2.24, 2.45) is 0 Å². The van der Waals surface area contributed by atoms with E-state index in [0.29, 0.717) is 17.3 Å². The average molecular weight is 391 g/mol. The highest BCUT2D eigenvalue weighted by Crippen LogP contribution is 2.32. The first-order chi connectivity index (χ1) is 12.4. The van der Waals surface area contributed by atoms with E-state index in [1.807, 2.05) is 35.2 Å². The molecule has 0 saturated carbocycles. The molecule has 2 fully saturated rings. The van der Waals surface area contributed by atoms with Gasteiger partial charge in [0.1, 0.15) is 0 Å². The van der Waals surface area contributed by atoms with Gasteiger partial charge in [-0.15, -0.1) is 0 Å². The van der Waals surface area contributed by atoms with E-state index < -0.39 is 9.84 Å². The molecule has 26 heavy (non-hydrogen) atoms. The summed E-state index contributed by atoms with van der Waals surface area (Å²) in [5.41, 5.74) is 1.77. The van der Waals surface area contributed by atoms with Crippen LogP contribution in [0.25, 0.3) is 0 Å². The molecule has 1 amide bonds. The Labute approximate surface area is 158 Å². The van der Waals surface area contributed by atoms with Gasteiger partial charge in [0.2, 0.25) is 5.91 Å². The maximum Gasteiger partial charge on any atom is 0.241 e. The Morgan fingerprint density at radius 2 is 1.62 bits per heavy atom. The van der Waals surface area contributed by atoms with E-state index in [9.17, 15) is 13.2 Å². The van der Waals surface area contributed by atoms with Gasteiger partial charge in [0.05, 0.1) is 24.1 Å². The molecule has 0 radical (unpaired) electrons. The van der Waals surface area contributed by atoms with Crippen LogP contribution < -0.4 is 4.90 Å². The summed E-state index contributed by atoms with van der Waals surface area (Å²) in [7, 11) is -3.19. The van der Waals surface area contributed by atoms with Gasteiger partial charge >= 0.3 is 0 Å². The molecular formula is C19H19ClN2O3S. The number of hydrogen-bond donors (Lipinski definition) is 0. The zero-order valence-electron chi connectivity index (χ0n) is 14.1. The van der Waals surface area contributed by atoms with Crippen molar-refractivity contribution >= 4 is 33.0 Å². The molecular weight excluding hydrogens is 372 g/mol. The second-order valence-electron chi connectivity index (χ2n) is 6.84. The van der Waals surface area contributed by atoms with Crippen LogP contribution >= 0.6 is 11.6 Å². The van der Waals surface area contributed by atoms with Crippen molar-refractivity contribution in [3.05, 3.63) is 65.2 Å². The highest BCUT2D eigenvalue weighted by Gasteiger charge is 2.49. The monoisotopic (exact) mass is 390 g/mol. The minimum atomic E-state index is -3.19. The SMILES string of the molecule is O=C1CN(Cc2ccccc2)[C@H]2CS(=O)(=O)C[C@H]2N1c1ccc(Cl)cc1. The van der Waals surface area contributed by atoms with Crippen molar-refractivity contribution in [2.75, 3.05) is 23.0 Å². The third kappa shape index (κ3) is 3.37. The lowest BCUT2D eigenvalue weighted by atomic mass is 10.0. The van der Waals surface area contributed by atoms with Crippen LogP contribution in [-0.4, -0.2) is 49.4 Å². The van der Waals surface area contributed by atoms with Crippen LogP contribution in [0.5, 0.6) is 0 Å².